The molecule has 0 aliphatic carbocycles. The zero-order valence-corrected chi connectivity index (χ0v) is 18.7. The van der Waals surface area contributed by atoms with Crippen molar-refractivity contribution >= 4 is 34.1 Å². The Bertz CT molecular complexity index is 1350. The lowest BCUT2D eigenvalue weighted by Crippen LogP contribution is -2.40. The smallest absolute Gasteiger partial charge is 0.422 e. The highest BCUT2D eigenvalue weighted by atomic mass is 32.2. The van der Waals surface area contributed by atoms with Crippen molar-refractivity contribution in [3.63, 3.8) is 0 Å². The van der Waals surface area contributed by atoms with Crippen molar-refractivity contribution in [1.82, 2.24) is 4.98 Å². The zero-order chi connectivity index (χ0) is 23.1. The fourth-order valence-electron chi connectivity index (χ4n) is 3.37. The van der Waals surface area contributed by atoms with Crippen LogP contribution >= 0.6 is 23.1 Å². The van der Waals surface area contributed by atoms with E-state index >= 15 is 0 Å². The van der Waals surface area contributed by atoms with Crippen LogP contribution in [0.25, 0.3) is 22.1 Å². The number of hydrogen-bond acceptors (Lipinski definition) is 6. The van der Waals surface area contributed by atoms with Gasteiger partial charge in [0.15, 0.2) is 9.94 Å². The number of fused-ring (bicyclic) bond motifs is 1. The molecule has 0 amide bonds. The second kappa shape index (κ2) is 8.38. The molecular weight excluding hydrogens is 459 g/mol. The molecule has 0 aliphatic heterocycles. The summed E-state index contributed by atoms with van der Waals surface area (Å²) in [5, 5.41) is 10.9. The minimum absolute atomic E-state index is 0.260. The molecule has 0 radical (unpaired) electrons. The van der Waals surface area contributed by atoms with Gasteiger partial charge in [-0.1, -0.05) is 48.5 Å². The third kappa shape index (κ3) is 4.20. The summed E-state index contributed by atoms with van der Waals surface area (Å²) in [7, 11) is 0. The first-order chi connectivity index (χ1) is 15.1. The van der Waals surface area contributed by atoms with Gasteiger partial charge in [-0.3, -0.25) is 0 Å². The normalized spacial score (nSPS) is 13.9. The summed E-state index contributed by atoms with van der Waals surface area (Å²) in [6, 6.07) is 14.5. The number of hydrogen-bond donors (Lipinski definition) is 1. The van der Waals surface area contributed by atoms with Gasteiger partial charge in [-0.2, -0.15) is 13.2 Å². The molecule has 1 N–H and O–H groups in total. The van der Waals surface area contributed by atoms with Gasteiger partial charge in [0.25, 0.3) is 0 Å². The van der Waals surface area contributed by atoms with Crippen LogP contribution in [-0.4, -0.2) is 16.3 Å². The topological polar surface area (TPSA) is 63.3 Å². The van der Waals surface area contributed by atoms with Crippen molar-refractivity contribution in [1.29, 1.82) is 0 Å². The summed E-state index contributed by atoms with van der Waals surface area (Å²) in [5.41, 5.74) is -0.365. The van der Waals surface area contributed by atoms with Crippen LogP contribution in [0.3, 0.4) is 0 Å². The molecule has 2 heterocycles. The Kier molecular flexibility index (Phi) is 5.91. The maximum Gasteiger partial charge on any atom is 0.422 e. The Hall–Kier alpha value is -2.62. The fraction of sp³-hybridized carbons (Fsp3) is 0.217. The highest BCUT2D eigenvalue weighted by Gasteiger charge is 2.54. The highest BCUT2D eigenvalue weighted by molar-refractivity contribution is 8.01. The quantitative estimate of drug-likeness (QED) is 0.331. The Morgan fingerprint density at radius 3 is 2.62 bits per heavy atom. The first kappa shape index (κ1) is 22.6. The average molecular weight is 478 g/mol. The van der Waals surface area contributed by atoms with E-state index in [4.69, 9.17) is 4.42 Å². The van der Waals surface area contributed by atoms with Gasteiger partial charge in [0, 0.05) is 22.5 Å². The van der Waals surface area contributed by atoms with E-state index in [1.165, 1.54) is 13.0 Å². The number of aryl methyl sites for hydroxylation is 1. The van der Waals surface area contributed by atoms with E-state index in [1.54, 1.807) is 12.1 Å². The number of aliphatic hydroxyl groups is 1. The molecule has 32 heavy (non-hydrogen) atoms. The minimum Gasteiger partial charge on any atom is -0.423 e. The van der Waals surface area contributed by atoms with Crippen molar-refractivity contribution in [3.8, 4) is 11.1 Å². The van der Waals surface area contributed by atoms with Gasteiger partial charge in [0.2, 0.25) is 0 Å². The van der Waals surface area contributed by atoms with Crippen LogP contribution in [0.4, 0.5) is 13.2 Å². The van der Waals surface area contributed by atoms with Crippen molar-refractivity contribution < 1.29 is 22.7 Å². The van der Waals surface area contributed by atoms with Crippen molar-refractivity contribution in [2.45, 2.75) is 41.3 Å². The Balaban J connectivity index is 1.69. The summed E-state index contributed by atoms with van der Waals surface area (Å²) in [6.07, 6.45) is -4.25. The van der Waals surface area contributed by atoms with Crippen LogP contribution < -0.4 is 5.63 Å². The van der Waals surface area contributed by atoms with Crippen LogP contribution in [0.15, 0.2) is 73.2 Å². The van der Waals surface area contributed by atoms with Crippen LogP contribution in [-0.2, 0) is 5.60 Å². The second-order valence-electron chi connectivity index (χ2n) is 7.31. The number of alkyl halides is 3. The van der Waals surface area contributed by atoms with Crippen LogP contribution in [0, 0.1) is 6.92 Å². The highest BCUT2D eigenvalue weighted by Crippen LogP contribution is 2.45. The molecule has 4 aromatic rings. The molecule has 4 rings (SSSR count). The van der Waals surface area contributed by atoms with E-state index in [0.29, 0.717) is 14.8 Å². The molecule has 0 fully saturated rings. The van der Waals surface area contributed by atoms with Crippen molar-refractivity contribution in [2.24, 2.45) is 0 Å². The molecule has 0 saturated carbocycles. The summed E-state index contributed by atoms with van der Waals surface area (Å²) in [4.78, 5) is 16.6. The van der Waals surface area contributed by atoms with E-state index in [9.17, 15) is 23.1 Å². The number of halogens is 3. The maximum absolute atomic E-state index is 13.3. The van der Waals surface area contributed by atoms with Gasteiger partial charge in [0.1, 0.15) is 5.58 Å². The third-order valence-corrected chi connectivity index (χ3v) is 7.34. The molecule has 0 bridgehead atoms. The summed E-state index contributed by atoms with van der Waals surface area (Å²) >= 11 is 1.92. The summed E-state index contributed by atoms with van der Waals surface area (Å²) < 4.78 is 45.7. The number of thiazole rings is 1. The van der Waals surface area contributed by atoms with Crippen LogP contribution in [0.5, 0.6) is 0 Å². The summed E-state index contributed by atoms with van der Waals surface area (Å²) in [5.74, 6) is 0. The molecule has 166 valence electrons. The molecule has 2 aromatic heterocycles. The predicted octanol–water partition coefficient (Wildman–Crippen LogP) is 6.54. The molecule has 9 heteroatoms. The van der Waals surface area contributed by atoms with E-state index < -0.39 is 23.8 Å². The number of nitrogens with zero attached hydrogens (tertiary/aromatic N) is 1. The first-order valence-corrected chi connectivity index (χ1v) is 11.3. The molecule has 0 spiro atoms. The van der Waals surface area contributed by atoms with Gasteiger partial charge in [-0.25, -0.2) is 9.78 Å². The van der Waals surface area contributed by atoms with Gasteiger partial charge in [-0.15, -0.1) is 11.3 Å². The Morgan fingerprint density at radius 1 is 1.16 bits per heavy atom. The predicted molar refractivity (Wildman–Crippen MR) is 119 cm³/mol. The van der Waals surface area contributed by atoms with Crippen LogP contribution in [0.2, 0.25) is 0 Å². The summed E-state index contributed by atoms with van der Waals surface area (Å²) in [6.45, 7) is 3.24. The fourth-order valence-corrected chi connectivity index (χ4v) is 5.53. The number of benzene rings is 2. The van der Waals surface area contributed by atoms with E-state index in [1.807, 2.05) is 37.3 Å². The van der Waals surface area contributed by atoms with Gasteiger partial charge >= 0.3 is 11.8 Å². The molecule has 4 nitrogen and oxygen atoms in total. The minimum atomic E-state index is -4.80. The second-order valence-corrected chi connectivity index (χ2v) is 9.66. The van der Waals surface area contributed by atoms with Crippen molar-refractivity contribution in [2.75, 3.05) is 0 Å². The molecule has 2 aromatic carbocycles. The monoisotopic (exact) mass is 477 g/mol. The number of rotatable bonds is 5. The Morgan fingerprint density at radius 2 is 1.94 bits per heavy atom. The molecule has 0 saturated heterocycles. The zero-order valence-electron chi connectivity index (χ0n) is 17.1. The third-order valence-electron chi connectivity index (χ3n) is 5.12. The lowest BCUT2D eigenvalue weighted by Gasteiger charge is -2.27. The van der Waals surface area contributed by atoms with Gasteiger partial charge in [0.05, 0.1) is 4.88 Å². The standard InChI is InChI=1S/C23H18F3NO3S2/c1-3-22(29,23(24,25)26)19-12-27-21(32-19)31-15-7-8-16-17(11-20(28)30-18(16)10-15)14-6-4-5-13(2)9-14/h4-12,29H,3H2,1-2H3/t22-/m0/s1. The largest absolute Gasteiger partial charge is 0.423 e. The SMILES string of the molecule is CC[C@](O)(c1cnc(Sc2ccc3c(-c4cccc(C)c4)cc(=O)oc3c2)s1)C(F)(F)F. The molecular formula is C23H18F3NO3S2. The maximum atomic E-state index is 13.3. The average Bonchev–Trinajstić information content (AvgIpc) is 3.20. The van der Waals surface area contributed by atoms with Gasteiger partial charge < -0.3 is 9.52 Å². The number of aromatic nitrogens is 1. The lowest BCUT2D eigenvalue weighted by atomic mass is 9.99. The molecule has 0 unspecified atom stereocenters. The van der Waals surface area contributed by atoms with Crippen LogP contribution in [0.1, 0.15) is 23.8 Å². The molecule has 1 atom stereocenters. The lowest BCUT2D eigenvalue weighted by molar-refractivity contribution is -0.266. The van der Waals surface area contributed by atoms with E-state index in [2.05, 4.69) is 4.98 Å². The van der Waals surface area contributed by atoms with Gasteiger partial charge in [-0.05, 0) is 42.7 Å². The van der Waals surface area contributed by atoms with E-state index in [-0.39, 0.29) is 4.88 Å². The molecule has 0 aliphatic rings. The Labute approximate surface area is 189 Å². The van der Waals surface area contributed by atoms with E-state index in [0.717, 1.165) is 51.4 Å². The van der Waals surface area contributed by atoms with Crippen molar-refractivity contribution in [3.05, 3.63) is 75.6 Å². The first-order valence-electron chi connectivity index (χ1n) is 9.69.